The molecule has 2 aromatic rings. The monoisotopic (exact) mass is 369 g/mol. The number of nitrogens with zero attached hydrogens (tertiary/aromatic N) is 2. The molecule has 1 aromatic heterocycles. The zero-order chi connectivity index (χ0) is 15.4. The Kier molecular flexibility index (Phi) is 4.87. The molecule has 0 fully saturated rings. The average Bonchev–Trinajstić information content (AvgIpc) is 2.46. The molecule has 8 heteroatoms. The SMILES string of the molecule is O=C(NCc1ccc(Br)cc1)c1cc(Cl)ncc1[N+](=O)[O-]. The minimum atomic E-state index is -0.669. The zero-order valence-electron chi connectivity index (χ0n) is 10.5. The zero-order valence-corrected chi connectivity index (χ0v) is 12.9. The Morgan fingerprint density at radius 3 is 2.67 bits per heavy atom. The number of hydrogen-bond acceptors (Lipinski definition) is 4. The second-order valence-electron chi connectivity index (χ2n) is 4.09. The molecule has 0 radical (unpaired) electrons. The minimum absolute atomic E-state index is 0.0226. The van der Waals surface area contributed by atoms with E-state index in [4.69, 9.17) is 11.6 Å². The Bertz CT molecular complexity index is 692. The Balaban J connectivity index is 2.15. The number of rotatable bonds is 4. The molecule has 1 N–H and O–H groups in total. The van der Waals surface area contributed by atoms with E-state index in [1.807, 2.05) is 24.3 Å². The van der Waals surface area contributed by atoms with Crippen LogP contribution >= 0.6 is 27.5 Å². The van der Waals surface area contributed by atoms with Crippen molar-refractivity contribution < 1.29 is 9.72 Å². The molecule has 1 amide bonds. The van der Waals surface area contributed by atoms with Gasteiger partial charge in [-0.15, -0.1) is 0 Å². The number of amides is 1. The van der Waals surface area contributed by atoms with Crippen LogP contribution in [-0.2, 0) is 6.54 Å². The number of aromatic nitrogens is 1. The van der Waals surface area contributed by atoms with Gasteiger partial charge in [0, 0.05) is 11.0 Å². The average molecular weight is 371 g/mol. The van der Waals surface area contributed by atoms with E-state index in [9.17, 15) is 14.9 Å². The predicted octanol–water partition coefficient (Wildman–Crippen LogP) is 3.34. The Morgan fingerprint density at radius 1 is 1.38 bits per heavy atom. The first-order chi connectivity index (χ1) is 9.97. The van der Waals surface area contributed by atoms with Gasteiger partial charge in [-0.3, -0.25) is 14.9 Å². The van der Waals surface area contributed by atoms with E-state index in [1.54, 1.807) is 0 Å². The quantitative estimate of drug-likeness (QED) is 0.508. The van der Waals surface area contributed by atoms with Gasteiger partial charge in [0.2, 0.25) is 0 Å². The summed E-state index contributed by atoms with van der Waals surface area (Å²) in [5, 5.41) is 13.5. The van der Waals surface area contributed by atoms with Crippen molar-refractivity contribution in [3.8, 4) is 0 Å². The Hall–Kier alpha value is -1.99. The topological polar surface area (TPSA) is 85.1 Å². The van der Waals surface area contributed by atoms with Crippen LogP contribution in [0.5, 0.6) is 0 Å². The predicted molar refractivity (Wildman–Crippen MR) is 81.2 cm³/mol. The van der Waals surface area contributed by atoms with Crippen molar-refractivity contribution in [2.24, 2.45) is 0 Å². The van der Waals surface area contributed by atoms with Crippen molar-refractivity contribution in [2.45, 2.75) is 6.54 Å². The third-order valence-electron chi connectivity index (χ3n) is 2.66. The summed E-state index contributed by atoms with van der Waals surface area (Å²) in [7, 11) is 0. The Labute approximate surface area is 133 Å². The van der Waals surface area contributed by atoms with Crippen LogP contribution in [0.15, 0.2) is 41.0 Å². The number of benzene rings is 1. The van der Waals surface area contributed by atoms with Gasteiger partial charge in [0.25, 0.3) is 11.6 Å². The molecule has 0 aliphatic heterocycles. The van der Waals surface area contributed by atoms with Crippen molar-refractivity contribution in [1.29, 1.82) is 0 Å². The molecule has 21 heavy (non-hydrogen) atoms. The van der Waals surface area contributed by atoms with Gasteiger partial charge in [0.05, 0.1) is 4.92 Å². The molecular weight excluding hydrogens is 362 g/mol. The highest BCUT2D eigenvalue weighted by Gasteiger charge is 2.21. The van der Waals surface area contributed by atoms with Gasteiger partial charge in [0.15, 0.2) is 0 Å². The van der Waals surface area contributed by atoms with E-state index >= 15 is 0 Å². The lowest BCUT2D eigenvalue weighted by Crippen LogP contribution is -2.23. The maximum atomic E-state index is 12.1. The molecule has 0 atom stereocenters. The van der Waals surface area contributed by atoms with Crippen molar-refractivity contribution >= 4 is 39.1 Å². The fraction of sp³-hybridized carbons (Fsp3) is 0.0769. The number of carbonyl (C=O) groups excluding carboxylic acids is 1. The minimum Gasteiger partial charge on any atom is -0.348 e. The third kappa shape index (κ3) is 3.99. The van der Waals surface area contributed by atoms with Gasteiger partial charge in [-0.25, -0.2) is 4.98 Å². The number of nitrogens with one attached hydrogen (secondary N) is 1. The van der Waals surface area contributed by atoms with Crippen LogP contribution in [0.3, 0.4) is 0 Å². The summed E-state index contributed by atoms with van der Waals surface area (Å²) in [6.07, 6.45) is 0.969. The van der Waals surface area contributed by atoms with Gasteiger partial charge in [0.1, 0.15) is 16.9 Å². The number of pyridine rings is 1. The molecule has 108 valence electrons. The van der Waals surface area contributed by atoms with E-state index in [1.165, 1.54) is 6.07 Å². The summed E-state index contributed by atoms with van der Waals surface area (Å²) < 4.78 is 0.925. The van der Waals surface area contributed by atoms with Crippen molar-refractivity contribution in [3.05, 3.63) is 67.4 Å². The summed E-state index contributed by atoms with van der Waals surface area (Å²) in [6.45, 7) is 0.253. The van der Waals surface area contributed by atoms with E-state index in [0.29, 0.717) is 0 Å². The molecule has 0 aliphatic carbocycles. The highest BCUT2D eigenvalue weighted by atomic mass is 79.9. The van der Waals surface area contributed by atoms with E-state index in [0.717, 1.165) is 16.2 Å². The van der Waals surface area contributed by atoms with Gasteiger partial charge < -0.3 is 5.32 Å². The lowest BCUT2D eigenvalue weighted by Gasteiger charge is -2.06. The first-order valence-electron chi connectivity index (χ1n) is 5.80. The largest absolute Gasteiger partial charge is 0.348 e. The molecule has 0 aliphatic rings. The first kappa shape index (κ1) is 15.4. The summed E-state index contributed by atoms with van der Waals surface area (Å²) in [4.78, 5) is 25.9. The van der Waals surface area contributed by atoms with Crippen LogP contribution in [0, 0.1) is 10.1 Å². The van der Waals surface area contributed by atoms with Crippen LogP contribution in [0.2, 0.25) is 5.15 Å². The summed E-state index contributed by atoms with van der Waals surface area (Å²) in [5.41, 5.74) is 0.374. The molecule has 0 saturated heterocycles. The van der Waals surface area contributed by atoms with Gasteiger partial charge in [-0.1, -0.05) is 39.7 Å². The van der Waals surface area contributed by atoms with Gasteiger partial charge in [-0.2, -0.15) is 0 Å². The van der Waals surface area contributed by atoms with Crippen LogP contribution in [0.4, 0.5) is 5.69 Å². The van der Waals surface area contributed by atoms with Crippen LogP contribution < -0.4 is 5.32 Å². The summed E-state index contributed by atoms with van der Waals surface area (Å²) in [5.74, 6) is -0.575. The molecule has 2 rings (SSSR count). The van der Waals surface area contributed by atoms with Gasteiger partial charge in [-0.05, 0) is 23.8 Å². The first-order valence-corrected chi connectivity index (χ1v) is 6.97. The lowest BCUT2D eigenvalue weighted by molar-refractivity contribution is -0.385. The fourth-order valence-corrected chi connectivity index (χ4v) is 2.05. The molecule has 0 bridgehead atoms. The number of carbonyl (C=O) groups is 1. The normalized spacial score (nSPS) is 10.2. The number of nitro groups is 1. The second kappa shape index (κ2) is 6.64. The number of hydrogen-bond donors (Lipinski definition) is 1. The third-order valence-corrected chi connectivity index (χ3v) is 3.39. The van der Waals surface area contributed by atoms with Crippen LogP contribution in [0.25, 0.3) is 0 Å². The van der Waals surface area contributed by atoms with Crippen LogP contribution in [-0.4, -0.2) is 15.8 Å². The maximum Gasteiger partial charge on any atom is 0.300 e. The van der Waals surface area contributed by atoms with Crippen molar-refractivity contribution in [3.63, 3.8) is 0 Å². The molecule has 6 nitrogen and oxygen atoms in total. The second-order valence-corrected chi connectivity index (χ2v) is 5.39. The summed E-state index contributed by atoms with van der Waals surface area (Å²) >= 11 is 8.99. The van der Waals surface area contributed by atoms with E-state index in [-0.39, 0.29) is 22.9 Å². The van der Waals surface area contributed by atoms with Crippen LogP contribution in [0.1, 0.15) is 15.9 Å². The number of halogens is 2. The van der Waals surface area contributed by atoms with E-state index < -0.39 is 10.8 Å². The summed E-state index contributed by atoms with van der Waals surface area (Å²) in [6, 6.07) is 8.52. The highest BCUT2D eigenvalue weighted by Crippen LogP contribution is 2.20. The fourth-order valence-electron chi connectivity index (χ4n) is 1.63. The lowest BCUT2D eigenvalue weighted by atomic mass is 10.2. The molecule has 0 saturated carbocycles. The Morgan fingerprint density at radius 2 is 2.05 bits per heavy atom. The molecule has 1 heterocycles. The van der Waals surface area contributed by atoms with Crippen molar-refractivity contribution in [1.82, 2.24) is 10.3 Å². The standard InChI is InChI=1S/C13H9BrClN3O3/c14-9-3-1-8(2-4-9)6-17-13(19)10-5-12(15)16-7-11(10)18(20)21/h1-5,7H,6H2,(H,17,19). The van der Waals surface area contributed by atoms with Crippen molar-refractivity contribution in [2.75, 3.05) is 0 Å². The highest BCUT2D eigenvalue weighted by molar-refractivity contribution is 9.10. The van der Waals surface area contributed by atoms with E-state index in [2.05, 4.69) is 26.2 Å². The molecule has 0 unspecified atom stereocenters. The molecule has 0 spiro atoms. The molecular formula is C13H9BrClN3O3. The smallest absolute Gasteiger partial charge is 0.300 e. The maximum absolute atomic E-state index is 12.1. The van der Waals surface area contributed by atoms with Gasteiger partial charge >= 0.3 is 0 Å². The molecule has 1 aromatic carbocycles.